The Kier molecular flexibility index (Phi) is 7.51. The van der Waals surface area contributed by atoms with Gasteiger partial charge >= 0.3 is 0 Å². The van der Waals surface area contributed by atoms with Crippen LogP contribution in [-0.2, 0) is 4.74 Å². The Balaban J connectivity index is 2.64. The lowest BCUT2D eigenvalue weighted by molar-refractivity contribution is 0.0971. The van der Waals surface area contributed by atoms with Crippen LogP contribution in [0.15, 0.2) is 24.3 Å². The zero-order valence-corrected chi connectivity index (χ0v) is 13.3. The van der Waals surface area contributed by atoms with E-state index in [-0.39, 0.29) is 5.91 Å². The summed E-state index contributed by atoms with van der Waals surface area (Å²) in [6, 6.07) is 6.76. The third kappa shape index (κ3) is 5.45. The van der Waals surface area contributed by atoms with Crippen LogP contribution in [-0.4, -0.2) is 42.7 Å². The van der Waals surface area contributed by atoms with Crippen LogP contribution < -0.4 is 5.32 Å². The van der Waals surface area contributed by atoms with Crippen LogP contribution in [0.2, 0.25) is 5.02 Å². The smallest absolute Gasteiger partial charge is 0.257 e. The third-order valence-electron chi connectivity index (χ3n) is 2.65. The summed E-state index contributed by atoms with van der Waals surface area (Å²) in [5.41, 5.74) is 0.489. The summed E-state index contributed by atoms with van der Waals surface area (Å²) in [6.07, 6.45) is 0.941. The largest absolute Gasteiger partial charge is 0.383 e. The summed E-state index contributed by atoms with van der Waals surface area (Å²) >= 11 is 11.1. The summed E-state index contributed by atoms with van der Waals surface area (Å²) in [7, 11) is 1.64. The van der Waals surface area contributed by atoms with Gasteiger partial charge in [-0.05, 0) is 36.8 Å². The molecule has 1 aromatic rings. The fourth-order valence-electron chi connectivity index (χ4n) is 1.66. The highest BCUT2D eigenvalue weighted by Gasteiger charge is 2.13. The predicted molar refractivity (Wildman–Crippen MR) is 85.3 cm³/mol. The molecule has 0 heterocycles. The van der Waals surface area contributed by atoms with Gasteiger partial charge in [0.1, 0.15) is 0 Å². The van der Waals surface area contributed by atoms with Crippen molar-refractivity contribution in [3.63, 3.8) is 0 Å². The number of ether oxygens (including phenoxy) is 1. The summed E-state index contributed by atoms with van der Waals surface area (Å²) in [5.74, 6) is -0.254. The summed E-state index contributed by atoms with van der Waals surface area (Å²) in [5, 5.41) is 3.65. The molecular formula is C14H19ClN2O2S. The first kappa shape index (κ1) is 16.9. The highest BCUT2D eigenvalue weighted by atomic mass is 35.5. The second kappa shape index (κ2) is 8.89. The highest BCUT2D eigenvalue weighted by Crippen LogP contribution is 2.10. The van der Waals surface area contributed by atoms with Gasteiger partial charge in [0.15, 0.2) is 5.11 Å². The molecule has 0 aliphatic heterocycles. The van der Waals surface area contributed by atoms with E-state index in [0.29, 0.717) is 28.9 Å². The number of carbonyl (C=O) groups is 1. The van der Waals surface area contributed by atoms with Crippen molar-refractivity contribution in [3.05, 3.63) is 34.9 Å². The van der Waals surface area contributed by atoms with E-state index in [1.165, 1.54) is 0 Å². The molecule has 1 aromatic carbocycles. The van der Waals surface area contributed by atoms with Crippen LogP contribution in [0.1, 0.15) is 23.7 Å². The Labute approximate surface area is 130 Å². The summed E-state index contributed by atoms with van der Waals surface area (Å²) < 4.78 is 5.04. The number of hydrogen-bond acceptors (Lipinski definition) is 3. The van der Waals surface area contributed by atoms with Gasteiger partial charge in [-0.25, -0.2) is 0 Å². The van der Waals surface area contributed by atoms with Crippen LogP contribution >= 0.6 is 23.8 Å². The first-order valence-electron chi connectivity index (χ1n) is 6.43. The van der Waals surface area contributed by atoms with E-state index in [1.807, 2.05) is 4.90 Å². The van der Waals surface area contributed by atoms with Crippen molar-refractivity contribution in [3.8, 4) is 0 Å². The Morgan fingerprint density at radius 1 is 1.45 bits per heavy atom. The molecule has 0 saturated heterocycles. The predicted octanol–water partition coefficient (Wildman–Crippen LogP) is 2.71. The topological polar surface area (TPSA) is 41.6 Å². The zero-order valence-electron chi connectivity index (χ0n) is 11.7. The van der Waals surface area contributed by atoms with Crippen LogP contribution in [0.25, 0.3) is 0 Å². The van der Waals surface area contributed by atoms with E-state index in [0.717, 1.165) is 13.0 Å². The lowest BCUT2D eigenvalue weighted by atomic mass is 10.2. The van der Waals surface area contributed by atoms with Crippen molar-refractivity contribution in [2.75, 3.05) is 26.8 Å². The highest BCUT2D eigenvalue weighted by molar-refractivity contribution is 7.80. The first-order chi connectivity index (χ1) is 9.58. The molecule has 1 rings (SSSR count). The minimum Gasteiger partial charge on any atom is -0.383 e. The lowest BCUT2D eigenvalue weighted by Crippen LogP contribution is -2.44. The van der Waals surface area contributed by atoms with E-state index >= 15 is 0 Å². The van der Waals surface area contributed by atoms with Gasteiger partial charge in [0.25, 0.3) is 5.91 Å². The molecule has 0 fully saturated rings. The minimum absolute atomic E-state index is 0.254. The van der Waals surface area contributed by atoms with Crippen molar-refractivity contribution in [1.29, 1.82) is 0 Å². The number of amides is 1. The minimum atomic E-state index is -0.254. The molecule has 6 heteroatoms. The molecule has 4 nitrogen and oxygen atoms in total. The molecular weight excluding hydrogens is 296 g/mol. The van der Waals surface area contributed by atoms with Crippen LogP contribution in [0.5, 0.6) is 0 Å². The number of nitrogens with one attached hydrogen (secondary N) is 1. The van der Waals surface area contributed by atoms with Gasteiger partial charge in [-0.15, -0.1) is 0 Å². The molecule has 0 aromatic heterocycles. The van der Waals surface area contributed by atoms with Crippen molar-refractivity contribution in [2.45, 2.75) is 13.3 Å². The van der Waals surface area contributed by atoms with Crippen LogP contribution in [0, 0.1) is 0 Å². The number of halogens is 1. The van der Waals surface area contributed by atoms with E-state index in [4.69, 9.17) is 28.6 Å². The van der Waals surface area contributed by atoms with Gasteiger partial charge in [-0.1, -0.05) is 24.6 Å². The molecule has 0 radical (unpaired) electrons. The zero-order chi connectivity index (χ0) is 15.0. The fourth-order valence-corrected chi connectivity index (χ4v) is 2.13. The van der Waals surface area contributed by atoms with Crippen molar-refractivity contribution < 1.29 is 9.53 Å². The van der Waals surface area contributed by atoms with Gasteiger partial charge in [-0.2, -0.15) is 0 Å². The molecule has 0 atom stereocenters. The fraction of sp³-hybridized carbons (Fsp3) is 0.429. The first-order valence-corrected chi connectivity index (χ1v) is 7.21. The average Bonchev–Trinajstić information content (AvgIpc) is 2.43. The number of benzene rings is 1. The molecule has 0 aliphatic rings. The van der Waals surface area contributed by atoms with E-state index in [2.05, 4.69) is 12.2 Å². The standard InChI is InChI=1S/C14H19ClN2O2S/c1-3-7-17(8-9-19-2)14(20)16-13(18)11-5-4-6-12(15)10-11/h4-6,10H,3,7-9H2,1-2H3,(H,16,18,20). The quantitative estimate of drug-likeness (QED) is 0.820. The van der Waals surface area contributed by atoms with Crippen molar-refractivity contribution in [1.82, 2.24) is 10.2 Å². The molecule has 1 N–H and O–H groups in total. The maximum absolute atomic E-state index is 12.1. The molecule has 110 valence electrons. The Morgan fingerprint density at radius 2 is 2.20 bits per heavy atom. The number of hydrogen-bond donors (Lipinski definition) is 1. The lowest BCUT2D eigenvalue weighted by Gasteiger charge is -2.24. The third-order valence-corrected chi connectivity index (χ3v) is 3.25. The van der Waals surface area contributed by atoms with Gasteiger partial charge in [0, 0.05) is 30.8 Å². The SMILES string of the molecule is CCCN(CCOC)C(=S)NC(=O)c1cccc(Cl)c1. The Hall–Kier alpha value is -1.17. The van der Waals surface area contributed by atoms with Crippen molar-refractivity contribution >= 4 is 34.8 Å². The number of methoxy groups -OCH3 is 1. The monoisotopic (exact) mass is 314 g/mol. The number of rotatable bonds is 6. The van der Waals surface area contributed by atoms with E-state index < -0.39 is 0 Å². The van der Waals surface area contributed by atoms with E-state index in [1.54, 1.807) is 31.4 Å². The van der Waals surface area contributed by atoms with Gasteiger partial charge in [0.05, 0.1) is 6.61 Å². The molecule has 0 aliphatic carbocycles. The molecule has 0 spiro atoms. The number of thiocarbonyl (C=S) groups is 1. The summed E-state index contributed by atoms with van der Waals surface area (Å²) in [4.78, 5) is 14.0. The van der Waals surface area contributed by atoms with E-state index in [9.17, 15) is 4.79 Å². The maximum Gasteiger partial charge on any atom is 0.257 e. The van der Waals surface area contributed by atoms with Gasteiger partial charge < -0.3 is 9.64 Å². The number of nitrogens with zero attached hydrogens (tertiary/aromatic N) is 1. The average molecular weight is 315 g/mol. The molecule has 0 unspecified atom stereocenters. The van der Waals surface area contributed by atoms with Crippen LogP contribution in [0.4, 0.5) is 0 Å². The molecule has 20 heavy (non-hydrogen) atoms. The second-order valence-corrected chi connectivity index (χ2v) is 5.07. The molecule has 1 amide bonds. The van der Waals surface area contributed by atoms with Gasteiger partial charge in [-0.3, -0.25) is 10.1 Å². The Bertz CT molecular complexity index is 468. The number of carbonyl (C=O) groups excluding carboxylic acids is 1. The van der Waals surface area contributed by atoms with Gasteiger partial charge in [0.2, 0.25) is 0 Å². The second-order valence-electron chi connectivity index (χ2n) is 4.25. The molecule has 0 saturated carbocycles. The Morgan fingerprint density at radius 3 is 2.80 bits per heavy atom. The van der Waals surface area contributed by atoms with Crippen molar-refractivity contribution in [2.24, 2.45) is 0 Å². The summed E-state index contributed by atoms with van der Waals surface area (Å²) in [6.45, 7) is 4.05. The maximum atomic E-state index is 12.1. The molecule has 0 bridgehead atoms. The van der Waals surface area contributed by atoms with Crippen LogP contribution in [0.3, 0.4) is 0 Å². The normalized spacial score (nSPS) is 10.2.